The van der Waals surface area contributed by atoms with Crippen LogP contribution in [0.4, 0.5) is 0 Å². The van der Waals surface area contributed by atoms with Crippen LogP contribution in [-0.2, 0) is 11.3 Å². The Balaban J connectivity index is 2.61. The molecule has 2 rings (SSSR count). The van der Waals surface area contributed by atoms with Crippen molar-refractivity contribution < 1.29 is 14.6 Å². The van der Waals surface area contributed by atoms with Crippen molar-refractivity contribution in [2.75, 3.05) is 7.11 Å². The molecule has 2 heterocycles. The lowest BCUT2D eigenvalue weighted by atomic mass is 10.2. The van der Waals surface area contributed by atoms with Gasteiger partial charge >= 0.3 is 5.97 Å². The van der Waals surface area contributed by atoms with E-state index in [1.807, 2.05) is 0 Å². The van der Waals surface area contributed by atoms with Gasteiger partial charge in [-0.1, -0.05) is 0 Å². The minimum absolute atomic E-state index is 0.0672. The maximum Gasteiger partial charge on any atom is 0.341 e. The summed E-state index contributed by atoms with van der Waals surface area (Å²) in [5.74, 6) is -0.430. The summed E-state index contributed by atoms with van der Waals surface area (Å²) in [7, 11) is 1.32. The SMILES string of the molecule is COC(=O)c1cnn2ccc(CO)cc12. The van der Waals surface area contributed by atoms with E-state index in [1.165, 1.54) is 13.3 Å². The van der Waals surface area contributed by atoms with Crippen molar-refractivity contribution >= 4 is 11.5 Å². The van der Waals surface area contributed by atoms with E-state index in [2.05, 4.69) is 9.84 Å². The third-order valence-corrected chi connectivity index (χ3v) is 2.17. The van der Waals surface area contributed by atoms with E-state index in [9.17, 15) is 4.79 Å². The first-order chi connectivity index (χ1) is 7.26. The van der Waals surface area contributed by atoms with Gasteiger partial charge in [0.2, 0.25) is 0 Å². The van der Waals surface area contributed by atoms with Gasteiger partial charge in [-0.3, -0.25) is 0 Å². The predicted molar refractivity (Wildman–Crippen MR) is 52.5 cm³/mol. The molecule has 0 aliphatic rings. The molecule has 0 aliphatic carbocycles. The first-order valence-electron chi connectivity index (χ1n) is 4.41. The number of ether oxygens (including phenoxy) is 1. The van der Waals surface area contributed by atoms with Crippen molar-refractivity contribution in [3.63, 3.8) is 0 Å². The van der Waals surface area contributed by atoms with E-state index < -0.39 is 5.97 Å². The van der Waals surface area contributed by atoms with Crippen LogP contribution < -0.4 is 0 Å². The minimum atomic E-state index is -0.430. The highest BCUT2D eigenvalue weighted by molar-refractivity contribution is 5.96. The smallest absolute Gasteiger partial charge is 0.341 e. The van der Waals surface area contributed by atoms with Crippen molar-refractivity contribution in [3.05, 3.63) is 35.7 Å². The fraction of sp³-hybridized carbons (Fsp3) is 0.200. The Hall–Kier alpha value is -1.88. The lowest BCUT2D eigenvalue weighted by molar-refractivity contribution is 0.0603. The van der Waals surface area contributed by atoms with Crippen LogP contribution in [0, 0.1) is 0 Å². The Morgan fingerprint density at radius 1 is 1.67 bits per heavy atom. The molecule has 0 saturated carbocycles. The van der Waals surface area contributed by atoms with Crippen molar-refractivity contribution in [2.45, 2.75) is 6.61 Å². The van der Waals surface area contributed by atoms with Crippen molar-refractivity contribution in [3.8, 4) is 0 Å². The quantitative estimate of drug-likeness (QED) is 0.731. The van der Waals surface area contributed by atoms with E-state index in [0.29, 0.717) is 11.1 Å². The first kappa shape index (κ1) is 9.67. The Labute approximate surface area is 85.9 Å². The Kier molecular flexibility index (Phi) is 2.39. The number of methoxy groups -OCH3 is 1. The van der Waals surface area contributed by atoms with Crippen molar-refractivity contribution in [1.82, 2.24) is 9.61 Å². The molecule has 1 N–H and O–H groups in total. The third kappa shape index (κ3) is 1.57. The van der Waals surface area contributed by atoms with Crippen LogP contribution in [-0.4, -0.2) is 27.8 Å². The number of carbonyl (C=O) groups is 1. The Bertz CT molecular complexity index is 504. The van der Waals surface area contributed by atoms with E-state index in [0.717, 1.165) is 5.56 Å². The molecule has 0 amide bonds. The number of rotatable bonds is 2. The van der Waals surface area contributed by atoms with E-state index in [-0.39, 0.29) is 6.61 Å². The second kappa shape index (κ2) is 3.70. The summed E-state index contributed by atoms with van der Waals surface area (Å²) in [5, 5.41) is 13.0. The molecule has 2 aromatic heterocycles. The van der Waals surface area contributed by atoms with Gasteiger partial charge in [0.25, 0.3) is 0 Å². The topological polar surface area (TPSA) is 63.8 Å². The van der Waals surface area contributed by atoms with Gasteiger partial charge in [-0.25, -0.2) is 9.31 Å². The van der Waals surface area contributed by atoms with Crippen LogP contribution in [0.15, 0.2) is 24.5 Å². The van der Waals surface area contributed by atoms with Gasteiger partial charge in [0.05, 0.1) is 25.4 Å². The van der Waals surface area contributed by atoms with Crippen LogP contribution in [0.3, 0.4) is 0 Å². The molecule has 0 aliphatic heterocycles. The fourth-order valence-corrected chi connectivity index (χ4v) is 1.39. The third-order valence-electron chi connectivity index (χ3n) is 2.17. The summed E-state index contributed by atoms with van der Waals surface area (Å²) < 4.78 is 6.18. The molecule has 0 radical (unpaired) electrons. The maximum atomic E-state index is 11.4. The van der Waals surface area contributed by atoms with Gasteiger partial charge in [0.1, 0.15) is 5.56 Å². The van der Waals surface area contributed by atoms with E-state index in [4.69, 9.17) is 5.11 Å². The van der Waals surface area contributed by atoms with Crippen LogP contribution in [0.1, 0.15) is 15.9 Å². The molecule has 15 heavy (non-hydrogen) atoms. The van der Waals surface area contributed by atoms with Crippen LogP contribution in [0.2, 0.25) is 0 Å². The molecule has 0 unspecified atom stereocenters. The average Bonchev–Trinajstić information content (AvgIpc) is 2.70. The molecular formula is C10H10N2O3. The number of aromatic nitrogens is 2. The highest BCUT2D eigenvalue weighted by atomic mass is 16.5. The second-order valence-corrected chi connectivity index (χ2v) is 3.07. The summed E-state index contributed by atoms with van der Waals surface area (Å²) in [6.07, 6.45) is 3.13. The number of carbonyl (C=O) groups excluding carboxylic acids is 1. The van der Waals surface area contributed by atoms with Crippen molar-refractivity contribution in [1.29, 1.82) is 0 Å². The highest BCUT2D eigenvalue weighted by Gasteiger charge is 2.12. The van der Waals surface area contributed by atoms with Gasteiger partial charge in [-0.05, 0) is 17.7 Å². The molecule has 0 saturated heterocycles. The summed E-state index contributed by atoms with van der Waals surface area (Å²) in [5.41, 5.74) is 1.76. The number of pyridine rings is 1. The molecule has 0 fully saturated rings. The molecule has 0 bridgehead atoms. The van der Waals surface area contributed by atoms with Gasteiger partial charge in [0, 0.05) is 6.20 Å². The molecule has 5 nitrogen and oxygen atoms in total. The zero-order valence-electron chi connectivity index (χ0n) is 8.17. The summed E-state index contributed by atoms with van der Waals surface area (Å²) in [4.78, 5) is 11.4. The predicted octanol–water partition coefficient (Wildman–Crippen LogP) is 0.613. The monoisotopic (exact) mass is 206 g/mol. The zero-order chi connectivity index (χ0) is 10.8. The number of aliphatic hydroxyl groups is 1. The standard InChI is InChI=1S/C10H10N2O3/c1-15-10(14)8-5-11-12-3-2-7(6-13)4-9(8)12/h2-5,13H,6H2,1H3. The summed E-state index contributed by atoms with van der Waals surface area (Å²) in [6.45, 7) is -0.0672. The highest BCUT2D eigenvalue weighted by Crippen LogP contribution is 2.13. The van der Waals surface area contributed by atoms with E-state index >= 15 is 0 Å². The first-order valence-corrected chi connectivity index (χ1v) is 4.41. The van der Waals surface area contributed by atoms with Crippen LogP contribution >= 0.6 is 0 Å². The molecule has 5 heteroatoms. The molecule has 0 aromatic carbocycles. The zero-order valence-corrected chi connectivity index (χ0v) is 8.17. The number of hydrogen-bond donors (Lipinski definition) is 1. The molecule has 2 aromatic rings. The summed E-state index contributed by atoms with van der Waals surface area (Å²) in [6, 6.07) is 3.44. The van der Waals surface area contributed by atoms with Crippen molar-refractivity contribution in [2.24, 2.45) is 0 Å². The second-order valence-electron chi connectivity index (χ2n) is 3.07. The largest absolute Gasteiger partial charge is 0.465 e. The lowest BCUT2D eigenvalue weighted by Gasteiger charge is -1.99. The Morgan fingerprint density at radius 3 is 3.13 bits per heavy atom. The number of aliphatic hydroxyl groups excluding tert-OH is 1. The van der Waals surface area contributed by atoms with Gasteiger partial charge < -0.3 is 9.84 Å². The van der Waals surface area contributed by atoms with E-state index in [1.54, 1.807) is 22.8 Å². The normalized spacial score (nSPS) is 10.5. The van der Waals surface area contributed by atoms with Crippen LogP contribution in [0.5, 0.6) is 0 Å². The van der Waals surface area contributed by atoms with Gasteiger partial charge in [-0.15, -0.1) is 0 Å². The van der Waals surface area contributed by atoms with Gasteiger partial charge in [0.15, 0.2) is 0 Å². The molecule has 78 valence electrons. The molecule has 0 spiro atoms. The lowest BCUT2D eigenvalue weighted by Crippen LogP contribution is -2.00. The Morgan fingerprint density at radius 2 is 2.47 bits per heavy atom. The number of hydrogen-bond acceptors (Lipinski definition) is 4. The number of fused-ring (bicyclic) bond motifs is 1. The fourth-order valence-electron chi connectivity index (χ4n) is 1.39. The summed E-state index contributed by atoms with van der Waals surface area (Å²) >= 11 is 0. The maximum absolute atomic E-state index is 11.4. The average molecular weight is 206 g/mol. The minimum Gasteiger partial charge on any atom is -0.465 e. The van der Waals surface area contributed by atoms with Gasteiger partial charge in [-0.2, -0.15) is 5.10 Å². The number of nitrogens with zero attached hydrogens (tertiary/aromatic N) is 2. The molecular weight excluding hydrogens is 196 g/mol. The van der Waals surface area contributed by atoms with Crippen LogP contribution in [0.25, 0.3) is 5.52 Å². The molecule has 0 atom stereocenters. The number of esters is 1.